The molecule has 0 saturated heterocycles. The van der Waals surface area contributed by atoms with E-state index < -0.39 is 0 Å². The van der Waals surface area contributed by atoms with Crippen LogP contribution in [0.4, 0.5) is 15.8 Å². The molecule has 0 aromatic heterocycles. The van der Waals surface area contributed by atoms with Crippen LogP contribution < -0.4 is 10.6 Å². The van der Waals surface area contributed by atoms with Gasteiger partial charge in [-0.15, -0.1) is 0 Å². The molecule has 100 valence electrons. The van der Waals surface area contributed by atoms with Gasteiger partial charge in [-0.05, 0) is 42.3 Å². The number of hydrogen-bond acceptors (Lipinski definition) is 2. The van der Waals surface area contributed by atoms with Crippen LogP contribution in [0, 0.1) is 5.82 Å². The Bertz CT molecular complexity index is 572. The highest BCUT2D eigenvalue weighted by Crippen LogP contribution is 2.23. The summed E-state index contributed by atoms with van der Waals surface area (Å²) < 4.78 is 14.3. The molecule has 2 N–H and O–H groups in total. The maximum absolute atomic E-state index is 13.2. The van der Waals surface area contributed by atoms with Crippen molar-refractivity contribution in [2.45, 2.75) is 6.42 Å². The second kappa shape index (κ2) is 6.06. The van der Waals surface area contributed by atoms with Crippen molar-refractivity contribution in [3.05, 3.63) is 58.3 Å². The summed E-state index contributed by atoms with van der Waals surface area (Å²) in [5.41, 5.74) is 8.43. The fourth-order valence-corrected chi connectivity index (χ4v) is 2.40. The van der Waals surface area contributed by atoms with Crippen LogP contribution in [-0.2, 0) is 6.42 Å². The molecule has 19 heavy (non-hydrogen) atoms. The molecule has 0 atom stereocenters. The fraction of sp³-hybridized carbons (Fsp3) is 0.200. The fourth-order valence-electron chi connectivity index (χ4n) is 1.96. The molecule has 0 heterocycles. The van der Waals surface area contributed by atoms with E-state index in [1.165, 1.54) is 17.7 Å². The number of nitrogens with zero attached hydrogens (tertiary/aromatic N) is 1. The van der Waals surface area contributed by atoms with Crippen molar-refractivity contribution in [1.82, 2.24) is 0 Å². The van der Waals surface area contributed by atoms with Crippen molar-refractivity contribution in [2.75, 3.05) is 24.2 Å². The van der Waals surface area contributed by atoms with Crippen LogP contribution in [0.5, 0.6) is 0 Å². The Morgan fingerprint density at radius 1 is 1.21 bits per heavy atom. The van der Waals surface area contributed by atoms with E-state index in [2.05, 4.69) is 28.1 Å². The molecule has 2 aromatic carbocycles. The van der Waals surface area contributed by atoms with Gasteiger partial charge in [0.15, 0.2) is 0 Å². The lowest BCUT2D eigenvalue weighted by atomic mass is 10.1. The lowest BCUT2D eigenvalue weighted by molar-refractivity contribution is 0.627. The van der Waals surface area contributed by atoms with Gasteiger partial charge in [0.1, 0.15) is 5.82 Å². The van der Waals surface area contributed by atoms with E-state index in [0.717, 1.165) is 23.1 Å². The van der Waals surface area contributed by atoms with E-state index >= 15 is 0 Å². The number of benzene rings is 2. The Labute approximate surface area is 121 Å². The van der Waals surface area contributed by atoms with Gasteiger partial charge in [-0.3, -0.25) is 0 Å². The van der Waals surface area contributed by atoms with Gasteiger partial charge in [0.05, 0.1) is 11.4 Å². The van der Waals surface area contributed by atoms with E-state index in [9.17, 15) is 4.39 Å². The summed E-state index contributed by atoms with van der Waals surface area (Å²) in [6.07, 6.45) is 0.881. The first-order valence-corrected chi connectivity index (χ1v) is 6.86. The molecular formula is C15H16BrFN2. The summed E-state index contributed by atoms with van der Waals surface area (Å²) in [6.45, 7) is 0.782. The maximum atomic E-state index is 13.2. The number of anilines is 2. The first-order valence-electron chi connectivity index (χ1n) is 6.07. The number of hydrogen-bond donors (Lipinski definition) is 1. The molecule has 0 aliphatic carbocycles. The van der Waals surface area contributed by atoms with Crippen LogP contribution in [0.3, 0.4) is 0 Å². The molecule has 0 saturated carbocycles. The minimum atomic E-state index is -0.265. The lowest BCUT2D eigenvalue weighted by Crippen LogP contribution is -2.21. The van der Waals surface area contributed by atoms with E-state index in [1.807, 2.05) is 24.1 Å². The number of rotatable bonds is 4. The predicted molar refractivity (Wildman–Crippen MR) is 81.9 cm³/mol. The molecule has 0 amide bonds. The largest absolute Gasteiger partial charge is 0.397 e. The molecule has 0 unspecified atom stereocenters. The third kappa shape index (κ3) is 3.70. The Morgan fingerprint density at radius 2 is 2.00 bits per heavy atom. The second-order valence-electron chi connectivity index (χ2n) is 4.50. The topological polar surface area (TPSA) is 29.3 Å². The highest BCUT2D eigenvalue weighted by atomic mass is 79.9. The van der Waals surface area contributed by atoms with Crippen LogP contribution in [0.15, 0.2) is 46.9 Å². The molecule has 4 heteroatoms. The number of likely N-dealkylation sites (N-methyl/N-ethyl adjacent to an activating group) is 1. The van der Waals surface area contributed by atoms with Gasteiger partial charge in [0.2, 0.25) is 0 Å². The highest BCUT2D eigenvalue weighted by Gasteiger charge is 2.07. The summed E-state index contributed by atoms with van der Waals surface area (Å²) in [5.74, 6) is -0.265. The molecule has 2 nitrogen and oxygen atoms in total. The minimum absolute atomic E-state index is 0.265. The second-order valence-corrected chi connectivity index (χ2v) is 5.42. The average molecular weight is 323 g/mol. The summed E-state index contributed by atoms with van der Waals surface area (Å²) in [6, 6.07) is 12.6. The zero-order chi connectivity index (χ0) is 13.8. The van der Waals surface area contributed by atoms with Gasteiger partial charge >= 0.3 is 0 Å². The van der Waals surface area contributed by atoms with Crippen LogP contribution in [-0.4, -0.2) is 13.6 Å². The van der Waals surface area contributed by atoms with E-state index in [-0.39, 0.29) is 5.82 Å². The quantitative estimate of drug-likeness (QED) is 0.866. The monoisotopic (exact) mass is 322 g/mol. The normalized spacial score (nSPS) is 10.5. The third-order valence-electron chi connectivity index (χ3n) is 3.03. The van der Waals surface area contributed by atoms with Crippen molar-refractivity contribution >= 4 is 27.3 Å². The van der Waals surface area contributed by atoms with Gasteiger partial charge in [-0.1, -0.05) is 28.1 Å². The first kappa shape index (κ1) is 13.9. The summed E-state index contributed by atoms with van der Waals surface area (Å²) in [4.78, 5) is 1.97. The summed E-state index contributed by atoms with van der Waals surface area (Å²) >= 11 is 3.45. The van der Waals surface area contributed by atoms with E-state index in [1.54, 1.807) is 6.07 Å². The Kier molecular flexibility index (Phi) is 4.43. The standard InChI is InChI=1S/C15H16BrFN2/c1-19(15-10-13(17)5-6-14(15)18)8-7-11-3-2-4-12(16)9-11/h2-6,9-10H,7-8,18H2,1H3. The average Bonchev–Trinajstić information content (AvgIpc) is 2.39. The van der Waals surface area contributed by atoms with Gasteiger partial charge < -0.3 is 10.6 Å². The summed E-state index contributed by atoms with van der Waals surface area (Å²) in [7, 11) is 1.92. The van der Waals surface area contributed by atoms with Gasteiger partial charge in [-0.25, -0.2) is 4.39 Å². The molecule has 0 aliphatic rings. The summed E-state index contributed by atoms with van der Waals surface area (Å²) in [5, 5.41) is 0. The van der Waals surface area contributed by atoms with Gasteiger partial charge in [-0.2, -0.15) is 0 Å². The molecule has 2 aromatic rings. The zero-order valence-electron chi connectivity index (χ0n) is 10.7. The van der Waals surface area contributed by atoms with Crippen LogP contribution in [0.25, 0.3) is 0 Å². The van der Waals surface area contributed by atoms with Gasteiger partial charge in [0, 0.05) is 18.1 Å². The molecule has 0 radical (unpaired) electrons. The molecule has 0 aliphatic heterocycles. The zero-order valence-corrected chi connectivity index (χ0v) is 12.3. The van der Waals surface area contributed by atoms with Crippen LogP contribution >= 0.6 is 15.9 Å². The number of nitrogen functional groups attached to an aromatic ring is 1. The van der Waals surface area contributed by atoms with Crippen molar-refractivity contribution in [1.29, 1.82) is 0 Å². The van der Waals surface area contributed by atoms with Crippen molar-refractivity contribution < 1.29 is 4.39 Å². The van der Waals surface area contributed by atoms with Crippen molar-refractivity contribution in [3.8, 4) is 0 Å². The maximum Gasteiger partial charge on any atom is 0.125 e. The first-order chi connectivity index (χ1) is 9.06. The number of halogens is 2. The Balaban J connectivity index is 2.05. The minimum Gasteiger partial charge on any atom is -0.397 e. The number of nitrogens with two attached hydrogens (primary N) is 1. The smallest absolute Gasteiger partial charge is 0.125 e. The molecule has 2 rings (SSSR count). The SMILES string of the molecule is CN(CCc1cccc(Br)c1)c1cc(F)ccc1N. The van der Waals surface area contributed by atoms with Crippen molar-refractivity contribution in [2.24, 2.45) is 0 Å². The lowest BCUT2D eigenvalue weighted by Gasteiger charge is -2.21. The Morgan fingerprint density at radius 3 is 2.74 bits per heavy atom. The molecular weight excluding hydrogens is 307 g/mol. The Hall–Kier alpha value is -1.55. The van der Waals surface area contributed by atoms with E-state index in [0.29, 0.717) is 5.69 Å². The molecule has 0 fully saturated rings. The highest BCUT2D eigenvalue weighted by molar-refractivity contribution is 9.10. The molecule has 0 spiro atoms. The van der Waals surface area contributed by atoms with Crippen LogP contribution in [0.1, 0.15) is 5.56 Å². The van der Waals surface area contributed by atoms with Crippen molar-refractivity contribution in [3.63, 3.8) is 0 Å². The van der Waals surface area contributed by atoms with Gasteiger partial charge in [0.25, 0.3) is 0 Å². The molecule has 0 bridgehead atoms. The third-order valence-corrected chi connectivity index (χ3v) is 3.52. The predicted octanol–water partition coefficient (Wildman–Crippen LogP) is 3.85. The van der Waals surface area contributed by atoms with Crippen LogP contribution in [0.2, 0.25) is 0 Å². The van der Waals surface area contributed by atoms with E-state index in [4.69, 9.17) is 5.73 Å².